The highest BCUT2D eigenvalue weighted by Gasteiger charge is 2.01. The molecule has 1 N–H and O–H groups in total. The predicted molar refractivity (Wildman–Crippen MR) is 60.7 cm³/mol. The number of nitrogens with one attached hydrogen (secondary N) is 1. The molecule has 0 amide bonds. The van der Waals surface area contributed by atoms with Crippen LogP contribution < -0.4 is 5.32 Å². The SMILES string of the molecule is COC(=O)C(C)=CCNCc1cnn(C)c1. The number of methoxy groups -OCH3 is 1. The van der Waals surface area contributed by atoms with Crippen molar-refractivity contribution in [3.05, 3.63) is 29.6 Å². The van der Waals surface area contributed by atoms with Crippen LogP contribution in [0.1, 0.15) is 12.5 Å². The lowest BCUT2D eigenvalue weighted by molar-refractivity contribution is -0.136. The highest BCUT2D eigenvalue weighted by molar-refractivity contribution is 5.87. The zero-order valence-corrected chi connectivity index (χ0v) is 9.86. The summed E-state index contributed by atoms with van der Waals surface area (Å²) in [6, 6.07) is 0. The molecule has 1 rings (SSSR count). The fraction of sp³-hybridized carbons (Fsp3) is 0.455. The smallest absolute Gasteiger partial charge is 0.333 e. The molecule has 5 nitrogen and oxygen atoms in total. The van der Waals surface area contributed by atoms with Gasteiger partial charge in [0.15, 0.2) is 0 Å². The van der Waals surface area contributed by atoms with Crippen molar-refractivity contribution in [1.82, 2.24) is 15.1 Å². The zero-order chi connectivity index (χ0) is 12.0. The molecule has 0 spiro atoms. The Morgan fingerprint density at radius 2 is 2.44 bits per heavy atom. The van der Waals surface area contributed by atoms with E-state index in [0.29, 0.717) is 12.1 Å². The molecule has 0 saturated heterocycles. The molecular weight excluding hydrogens is 206 g/mol. The fourth-order valence-electron chi connectivity index (χ4n) is 1.25. The molecule has 0 aliphatic carbocycles. The third kappa shape index (κ3) is 3.86. The number of esters is 1. The Morgan fingerprint density at radius 1 is 1.69 bits per heavy atom. The Kier molecular flexibility index (Phi) is 4.72. The van der Waals surface area contributed by atoms with Gasteiger partial charge in [0, 0.05) is 37.5 Å². The highest BCUT2D eigenvalue weighted by atomic mass is 16.5. The van der Waals surface area contributed by atoms with Crippen LogP contribution >= 0.6 is 0 Å². The molecule has 16 heavy (non-hydrogen) atoms. The number of hydrogen-bond donors (Lipinski definition) is 1. The minimum atomic E-state index is -0.289. The van der Waals surface area contributed by atoms with Crippen molar-refractivity contribution in [3.8, 4) is 0 Å². The Bertz CT molecular complexity index is 382. The average Bonchev–Trinajstić information content (AvgIpc) is 2.69. The zero-order valence-electron chi connectivity index (χ0n) is 9.86. The van der Waals surface area contributed by atoms with Gasteiger partial charge in [0.25, 0.3) is 0 Å². The summed E-state index contributed by atoms with van der Waals surface area (Å²) >= 11 is 0. The van der Waals surface area contributed by atoms with Gasteiger partial charge in [0.1, 0.15) is 0 Å². The van der Waals surface area contributed by atoms with E-state index in [1.54, 1.807) is 11.6 Å². The van der Waals surface area contributed by atoms with Gasteiger partial charge in [0.2, 0.25) is 0 Å². The maximum atomic E-state index is 11.0. The van der Waals surface area contributed by atoms with Gasteiger partial charge >= 0.3 is 5.97 Å². The summed E-state index contributed by atoms with van der Waals surface area (Å²) in [6.45, 7) is 3.10. The summed E-state index contributed by atoms with van der Waals surface area (Å²) in [5.41, 5.74) is 1.73. The van der Waals surface area contributed by atoms with Crippen molar-refractivity contribution in [2.24, 2.45) is 7.05 Å². The van der Waals surface area contributed by atoms with Gasteiger partial charge in [-0.3, -0.25) is 4.68 Å². The first-order chi connectivity index (χ1) is 7.63. The van der Waals surface area contributed by atoms with Crippen LogP contribution in [0.5, 0.6) is 0 Å². The number of aromatic nitrogens is 2. The van der Waals surface area contributed by atoms with Crippen molar-refractivity contribution in [3.63, 3.8) is 0 Å². The van der Waals surface area contributed by atoms with Gasteiger partial charge in [-0.25, -0.2) is 4.79 Å². The molecule has 0 aliphatic rings. The number of ether oxygens (including phenoxy) is 1. The Hall–Kier alpha value is -1.62. The largest absolute Gasteiger partial charge is 0.466 e. The average molecular weight is 223 g/mol. The van der Waals surface area contributed by atoms with E-state index in [9.17, 15) is 4.79 Å². The second kappa shape index (κ2) is 6.07. The number of rotatable bonds is 5. The lowest BCUT2D eigenvalue weighted by Crippen LogP contribution is -2.14. The summed E-state index contributed by atoms with van der Waals surface area (Å²) in [5, 5.41) is 7.25. The van der Waals surface area contributed by atoms with Crippen molar-refractivity contribution >= 4 is 5.97 Å². The van der Waals surface area contributed by atoms with Crippen LogP contribution in [0, 0.1) is 0 Å². The molecule has 1 aromatic rings. The van der Waals surface area contributed by atoms with E-state index >= 15 is 0 Å². The standard InChI is InChI=1S/C11H17N3O2/c1-9(11(15)16-3)4-5-12-6-10-7-13-14(2)8-10/h4,7-8,12H,5-6H2,1-3H3. The van der Waals surface area contributed by atoms with Crippen molar-refractivity contribution in [2.75, 3.05) is 13.7 Å². The summed E-state index contributed by atoms with van der Waals surface area (Å²) in [7, 11) is 3.26. The van der Waals surface area contributed by atoms with Crippen LogP contribution in [-0.2, 0) is 23.1 Å². The minimum absolute atomic E-state index is 0.289. The Morgan fingerprint density at radius 3 is 3.00 bits per heavy atom. The number of hydrogen-bond acceptors (Lipinski definition) is 4. The van der Waals surface area contributed by atoms with E-state index in [4.69, 9.17) is 0 Å². The molecule has 0 unspecified atom stereocenters. The first-order valence-electron chi connectivity index (χ1n) is 5.07. The number of carbonyl (C=O) groups excluding carboxylic acids is 1. The first kappa shape index (κ1) is 12.4. The maximum absolute atomic E-state index is 11.0. The molecule has 0 aliphatic heterocycles. The van der Waals surface area contributed by atoms with Gasteiger partial charge in [-0.15, -0.1) is 0 Å². The molecule has 0 fully saturated rings. The van der Waals surface area contributed by atoms with Crippen molar-refractivity contribution in [1.29, 1.82) is 0 Å². The lowest BCUT2D eigenvalue weighted by atomic mass is 10.3. The summed E-state index contributed by atoms with van der Waals surface area (Å²) < 4.78 is 6.34. The minimum Gasteiger partial charge on any atom is -0.466 e. The topological polar surface area (TPSA) is 56.1 Å². The molecule has 0 bridgehead atoms. The van der Waals surface area contributed by atoms with Crippen LogP contribution in [0.25, 0.3) is 0 Å². The Labute approximate surface area is 95.1 Å². The highest BCUT2D eigenvalue weighted by Crippen LogP contribution is 1.96. The lowest BCUT2D eigenvalue weighted by Gasteiger charge is -2.00. The number of nitrogens with zero attached hydrogens (tertiary/aromatic N) is 2. The third-order valence-electron chi connectivity index (χ3n) is 2.15. The normalized spacial score (nSPS) is 11.6. The van der Waals surface area contributed by atoms with Crippen LogP contribution in [0.3, 0.4) is 0 Å². The second-order valence-electron chi connectivity index (χ2n) is 3.53. The van der Waals surface area contributed by atoms with Crippen LogP contribution in [0.15, 0.2) is 24.0 Å². The molecule has 0 radical (unpaired) electrons. The van der Waals surface area contributed by atoms with E-state index in [-0.39, 0.29) is 5.97 Å². The number of carbonyl (C=O) groups is 1. The van der Waals surface area contributed by atoms with E-state index in [1.165, 1.54) is 7.11 Å². The van der Waals surface area contributed by atoms with Gasteiger partial charge < -0.3 is 10.1 Å². The van der Waals surface area contributed by atoms with Crippen LogP contribution in [0.2, 0.25) is 0 Å². The fourth-order valence-corrected chi connectivity index (χ4v) is 1.25. The quantitative estimate of drug-likeness (QED) is 0.452. The molecule has 5 heteroatoms. The van der Waals surface area contributed by atoms with Crippen molar-refractivity contribution < 1.29 is 9.53 Å². The predicted octanol–water partition coefficient (Wildman–Crippen LogP) is 0.629. The monoisotopic (exact) mass is 223 g/mol. The van der Waals surface area contributed by atoms with Gasteiger partial charge in [-0.2, -0.15) is 5.10 Å². The molecule has 88 valence electrons. The molecule has 0 atom stereocenters. The van der Waals surface area contributed by atoms with Crippen LogP contribution in [-0.4, -0.2) is 29.4 Å². The second-order valence-corrected chi connectivity index (χ2v) is 3.53. The van der Waals surface area contributed by atoms with Crippen molar-refractivity contribution in [2.45, 2.75) is 13.5 Å². The molecule has 0 saturated carbocycles. The maximum Gasteiger partial charge on any atom is 0.333 e. The van der Waals surface area contributed by atoms with Gasteiger partial charge in [-0.05, 0) is 6.92 Å². The molecular formula is C11H17N3O2. The molecule has 1 aromatic heterocycles. The van der Waals surface area contributed by atoms with Gasteiger partial charge in [-0.1, -0.05) is 6.08 Å². The summed E-state index contributed by atoms with van der Waals surface area (Å²) in [6.07, 6.45) is 5.57. The van der Waals surface area contributed by atoms with Crippen LogP contribution in [0.4, 0.5) is 0 Å². The molecule has 0 aromatic carbocycles. The van der Waals surface area contributed by atoms with E-state index < -0.39 is 0 Å². The Balaban J connectivity index is 2.28. The summed E-state index contributed by atoms with van der Waals surface area (Å²) in [4.78, 5) is 11.0. The van der Waals surface area contributed by atoms with E-state index in [1.807, 2.05) is 25.5 Å². The van der Waals surface area contributed by atoms with E-state index in [2.05, 4.69) is 15.2 Å². The molecule has 1 heterocycles. The number of aryl methyl sites for hydroxylation is 1. The summed E-state index contributed by atoms with van der Waals surface area (Å²) in [5.74, 6) is -0.289. The van der Waals surface area contributed by atoms with Gasteiger partial charge in [0.05, 0.1) is 13.3 Å². The van der Waals surface area contributed by atoms with E-state index in [0.717, 1.165) is 12.1 Å². The first-order valence-corrected chi connectivity index (χ1v) is 5.07. The third-order valence-corrected chi connectivity index (χ3v) is 2.15.